The van der Waals surface area contributed by atoms with Gasteiger partial charge in [0.1, 0.15) is 17.1 Å². The van der Waals surface area contributed by atoms with E-state index in [1.165, 1.54) is 19.2 Å². The molecule has 3 aromatic rings. The summed E-state index contributed by atoms with van der Waals surface area (Å²) in [4.78, 5) is 50.3. The van der Waals surface area contributed by atoms with E-state index < -0.39 is 35.2 Å². The summed E-state index contributed by atoms with van der Waals surface area (Å²) in [6, 6.07) is 15.3. The molecule has 0 aliphatic heterocycles. The average molecular weight is 451 g/mol. The molecule has 0 amide bonds. The Kier molecular flexibility index (Phi) is 7.12. The molecule has 0 radical (unpaired) electrons. The van der Waals surface area contributed by atoms with Crippen molar-refractivity contribution in [2.24, 2.45) is 7.05 Å². The molecule has 9 nitrogen and oxygen atoms in total. The lowest BCUT2D eigenvalue weighted by Crippen LogP contribution is -2.43. The highest BCUT2D eigenvalue weighted by molar-refractivity contribution is 6.02. The highest BCUT2D eigenvalue weighted by Crippen LogP contribution is 2.15. The molecule has 1 aromatic heterocycles. The van der Waals surface area contributed by atoms with Crippen LogP contribution in [0.5, 0.6) is 5.75 Å². The molecule has 3 rings (SSSR count). The van der Waals surface area contributed by atoms with E-state index in [1.54, 1.807) is 36.4 Å². The predicted octanol–water partition coefficient (Wildman–Crippen LogP) is 2.00. The van der Waals surface area contributed by atoms with Crippen LogP contribution in [0.4, 0.5) is 5.82 Å². The van der Waals surface area contributed by atoms with Crippen molar-refractivity contribution in [2.45, 2.75) is 26.5 Å². The first-order valence-electron chi connectivity index (χ1n) is 10.3. The van der Waals surface area contributed by atoms with E-state index in [2.05, 4.69) is 0 Å². The number of esters is 1. The molecule has 2 aromatic carbocycles. The van der Waals surface area contributed by atoms with Crippen molar-refractivity contribution in [3.63, 3.8) is 0 Å². The molecular formula is C24H25N3O6. The van der Waals surface area contributed by atoms with Gasteiger partial charge in [-0.2, -0.15) is 0 Å². The van der Waals surface area contributed by atoms with E-state index >= 15 is 0 Å². The van der Waals surface area contributed by atoms with Gasteiger partial charge in [0.2, 0.25) is 5.78 Å². The number of nitrogen functional groups attached to an aromatic ring is 1. The summed E-state index contributed by atoms with van der Waals surface area (Å²) in [7, 11) is 1.26. The summed E-state index contributed by atoms with van der Waals surface area (Å²) in [5, 5.41) is 0. The van der Waals surface area contributed by atoms with Gasteiger partial charge < -0.3 is 15.2 Å². The standard InChI is InChI=1S/C24H25N3O6/c1-15(2)33-18-11-9-17(10-12-18)23(30)32-14-19(28)20-21(25)27(24(31)26(3)22(20)29)13-16-7-5-4-6-8-16/h4-12,15H,13-14,25H2,1-3H3. The van der Waals surface area contributed by atoms with Crippen LogP contribution < -0.4 is 21.7 Å². The van der Waals surface area contributed by atoms with Crippen molar-refractivity contribution in [3.8, 4) is 5.75 Å². The van der Waals surface area contributed by atoms with E-state index in [9.17, 15) is 19.2 Å². The maximum absolute atomic E-state index is 12.8. The van der Waals surface area contributed by atoms with Crippen molar-refractivity contribution in [1.82, 2.24) is 9.13 Å². The average Bonchev–Trinajstić information content (AvgIpc) is 2.80. The fourth-order valence-electron chi connectivity index (χ4n) is 3.19. The van der Waals surface area contributed by atoms with E-state index in [4.69, 9.17) is 15.2 Å². The van der Waals surface area contributed by atoms with Crippen molar-refractivity contribution in [1.29, 1.82) is 0 Å². The second kappa shape index (κ2) is 9.99. The normalized spacial score (nSPS) is 10.8. The van der Waals surface area contributed by atoms with Crippen molar-refractivity contribution >= 4 is 17.6 Å². The number of aromatic nitrogens is 2. The minimum absolute atomic E-state index is 0.0151. The molecule has 2 N–H and O–H groups in total. The van der Waals surface area contributed by atoms with Gasteiger partial charge in [-0.05, 0) is 43.7 Å². The number of rotatable bonds is 8. The van der Waals surface area contributed by atoms with Crippen molar-refractivity contribution in [2.75, 3.05) is 12.3 Å². The number of nitrogens with two attached hydrogens (primary N) is 1. The van der Waals surface area contributed by atoms with Gasteiger partial charge in [-0.25, -0.2) is 9.59 Å². The summed E-state index contributed by atoms with van der Waals surface area (Å²) < 4.78 is 12.5. The summed E-state index contributed by atoms with van der Waals surface area (Å²) in [5.41, 5.74) is 5.13. The molecule has 33 heavy (non-hydrogen) atoms. The second-order valence-corrected chi connectivity index (χ2v) is 7.67. The molecule has 0 saturated heterocycles. The molecule has 0 fully saturated rings. The molecule has 0 aliphatic rings. The maximum Gasteiger partial charge on any atom is 0.338 e. The predicted molar refractivity (Wildman–Crippen MR) is 123 cm³/mol. The molecule has 0 bridgehead atoms. The number of ketones is 1. The fraction of sp³-hybridized carbons (Fsp3) is 0.250. The van der Waals surface area contributed by atoms with Crippen LogP contribution >= 0.6 is 0 Å². The molecule has 0 unspecified atom stereocenters. The van der Waals surface area contributed by atoms with E-state index in [-0.39, 0.29) is 24.0 Å². The lowest BCUT2D eigenvalue weighted by atomic mass is 10.1. The highest BCUT2D eigenvalue weighted by Gasteiger charge is 2.23. The molecule has 0 atom stereocenters. The van der Waals surface area contributed by atoms with Crippen LogP contribution in [-0.2, 0) is 18.3 Å². The summed E-state index contributed by atoms with van der Waals surface area (Å²) in [5.74, 6) is -1.23. The summed E-state index contributed by atoms with van der Waals surface area (Å²) in [6.45, 7) is 3.13. The van der Waals surface area contributed by atoms with Crippen LogP contribution in [0, 0.1) is 0 Å². The van der Waals surface area contributed by atoms with Gasteiger partial charge in [0.25, 0.3) is 5.56 Å². The van der Waals surface area contributed by atoms with Crippen LogP contribution in [0.3, 0.4) is 0 Å². The molecule has 0 aliphatic carbocycles. The van der Waals surface area contributed by atoms with Gasteiger partial charge in [-0.3, -0.25) is 18.7 Å². The Morgan fingerprint density at radius 2 is 1.64 bits per heavy atom. The van der Waals surface area contributed by atoms with Gasteiger partial charge in [-0.1, -0.05) is 30.3 Å². The number of hydrogen-bond acceptors (Lipinski definition) is 7. The molecule has 0 saturated carbocycles. The minimum atomic E-state index is -0.849. The third-order valence-electron chi connectivity index (χ3n) is 4.84. The third-order valence-corrected chi connectivity index (χ3v) is 4.84. The Bertz CT molecular complexity index is 1270. The zero-order chi connectivity index (χ0) is 24.1. The van der Waals surface area contributed by atoms with E-state index in [1.807, 2.05) is 19.9 Å². The monoisotopic (exact) mass is 451 g/mol. The van der Waals surface area contributed by atoms with Gasteiger partial charge in [0.05, 0.1) is 18.2 Å². The summed E-state index contributed by atoms with van der Waals surface area (Å²) in [6.07, 6.45) is -0.0151. The maximum atomic E-state index is 12.8. The highest BCUT2D eigenvalue weighted by atomic mass is 16.5. The minimum Gasteiger partial charge on any atom is -0.491 e. The largest absolute Gasteiger partial charge is 0.491 e. The SMILES string of the molecule is CC(C)Oc1ccc(C(=O)OCC(=O)c2c(N)n(Cc3ccccc3)c(=O)n(C)c2=O)cc1. The lowest BCUT2D eigenvalue weighted by molar-refractivity contribution is 0.0474. The van der Waals surface area contributed by atoms with Gasteiger partial charge >= 0.3 is 11.7 Å². The number of ether oxygens (including phenoxy) is 2. The van der Waals surface area contributed by atoms with Crippen molar-refractivity contribution in [3.05, 3.63) is 92.1 Å². The second-order valence-electron chi connectivity index (χ2n) is 7.67. The number of benzene rings is 2. The number of nitrogens with zero attached hydrogens (tertiary/aromatic N) is 2. The number of carbonyl (C=O) groups is 2. The summed E-state index contributed by atoms with van der Waals surface area (Å²) >= 11 is 0. The van der Waals surface area contributed by atoms with Gasteiger partial charge in [-0.15, -0.1) is 0 Å². The first kappa shape index (κ1) is 23.5. The Morgan fingerprint density at radius 1 is 1.00 bits per heavy atom. The first-order chi connectivity index (χ1) is 15.7. The number of Topliss-reactive ketones (excluding diaryl/α,β-unsaturated/α-hetero) is 1. The smallest absolute Gasteiger partial charge is 0.338 e. The zero-order valence-electron chi connectivity index (χ0n) is 18.6. The lowest BCUT2D eigenvalue weighted by Gasteiger charge is -2.15. The molecular weight excluding hydrogens is 426 g/mol. The molecule has 9 heteroatoms. The first-order valence-corrected chi connectivity index (χ1v) is 10.3. The van der Waals surface area contributed by atoms with Crippen molar-refractivity contribution < 1.29 is 19.1 Å². The molecule has 172 valence electrons. The van der Waals surface area contributed by atoms with E-state index in [0.29, 0.717) is 5.75 Å². The Morgan fingerprint density at radius 3 is 2.24 bits per heavy atom. The van der Waals surface area contributed by atoms with Crippen LogP contribution in [0.25, 0.3) is 0 Å². The Hall–Kier alpha value is -4.14. The quantitative estimate of drug-likeness (QED) is 0.410. The number of hydrogen-bond donors (Lipinski definition) is 1. The Labute approximate surface area is 190 Å². The zero-order valence-corrected chi connectivity index (χ0v) is 18.6. The van der Waals surface area contributed by atoms with Crippen LogP contribution in [0.15, 0.2) is 64.2 Å². The van der Waals surface area contributed by atoms with Crippen LogP contribution in [-0.4, -0.2) is 33.6 Å². The topological polar surface area (TPSA) is 123 Å². The van der Waals surface area contributed by atoms with Crippen LogP contribution in [0.2, 0.25) is 0 Å². The van der Waals surface area contributed by atoms with Crippen LogP contribution in [0.1, 0.15) is 40.1 Å². The van der Waals surface area contributed by atoms with Gasteiger partial charge in [0, 0.05) is 7.05 Å². The van der Waals surface area contributed by atoms with Gasteiger partial charge in [0.15, 0.2) is 6.61 Å². The third kappa shape index (κ3) is 5.38. The van der Waals surface area contributed by atoms with E-state index in [0.717, 1.165) is 14.7 Å². The number of anilines is 1. The molecule has 0 spiro atoms. The number of carbonyl (C=O) groups excluding carboxylic acids is 2. The Balaban J connectivity index is 1.80. The fourth-order valence-corrected chi connectivity index (χ4v) is 3.19. The molecule has 1 heterocycles.